The van der Waals surface area contributed by atoms with Gasteiger partial charge in [0.1, 0.15) is 5.84 Å². The van der Waals surface area contributed by atoms with Gasteiger partial charge in [-0.25, -0.2) is 8.42 Å². The maximum atomic E-state index is 12.5. The average molecular weight is 309 g/mol. The molecule has 0 aromatic heterocycles. The summed E-state index contributed by atoms with van der Waals surface area (Å²) in [6, 6.07) is 6.79. The Balaban J connectivity index is 2.15. The van der Waals surface area contributed by atoms with Crippen LogP contribution in [0.5, 0.6) is 0 Å². The van der Waals surface area contributed by atoms with Crippen LogP contribution in [0.1, 0.15) is 37.7 Å². The number of nitrogens with zero attached hydrogens (tertiary/aromatic N) is 1. The van der Waals surface area contributed by atoms with Crippen molar-refractivity contribution in [2.45, 2.75) is 32.1 Å². The summed E-state index contributed by atoms with van der Waals surface area (Å²) >= 11 is 0. The minimum absolute atomic E-state index is 0.0603. The van der Waals surface area contributed by atoms with E-state index in [-0.39, 0.29) is 17.5 Å². The molecule has 0 atom stereocenters. The summed E-state index contributed by atoms with van der Waals surface area (Å²) < 4.78 is 26.4. The highest BCUT2D eigenvalue weighted by molar-refractivity contribution is 7.92. The molecule has 1 aliphatic carbocycles. The number of nitrogen functional groups attached to an aromatic ring is 1. The fourth-order valence-electron chi connectivity index (χ4n) is 2.79. The maximum Gasteiger partial charge on any atom is 0.235 e. The lowest BCUT2D eigenvalue weighted by Crippen LogP contribution is -2.32. The third-order valence-corrected chi connectivity index (χ3v) is 6.05. The fourth-order valence-corrected chi connectivity index (χ4v) is 4.38. The van der Waals surface area contributed by atoms with Crippen LogP contribution in [0.3, 0.4) is 0 Å². The fraction of sp³-hybridized carbons (Fsp3) is 0.533. The molecule has 1 fully saturated rings. The Morgan fingerprint density at radius 1 is 1.33 bits per heavy atom. The molecule has 0 aliphatic heterocycles. The van der Waals surface area contributed by atoms with Gasteiger partial charge >= 0.3 is 0 Å². The Morgan fingerprint density at radius 2 is 2.00 bits per heavy atom. The standard InChI is InChI=1S/C15H23N3O2S/c1-18(14-9-5-8-13(10-14)15(16)17)21(19,20)11-12-6-3-2-4-7-12/h5,8-10,12H,2-4,6-7,11H2,1H3,(H3,16,17). The minimum Gasteiger partial charge on any atom is -0.384 e. The Hall–Kier alpha value is -1.56. The molecular weight excluding hydrogens is 286 g/mol. The van der Waals surface area contributed by atoms with E-state index in [0.29, 0.717) is 11.3 Å². The van der Waals surface area contributed by atoms with Gasteiger partial charge in [-0.2, -0.15) is 0 Å². The van der Waals surface area contributed by atoms with Gasteiger partial charge in [0.15, 0.2) is 0 Å². The Labute approximate surface area is 126 Å². The molecule has 0 spiro atoms. The van der Waals surface area contributed by atoms with Crippen molar-refractivity contribution < 1.29 is 8.42 Å². The molecule has 1 aliphatic rings. The number of anilines is 1. The molecule has 5 nitrogen and oxygen atoms in total. The lowest BCUT2D eigenvalue weighted by Gasteiger charge is -2.26. The van der Waals surface area contributed by atoms with E-state index in [0.717, 1.165) is 25.7 Å². The molecule has 0 radical (unpaired) electrons. The largest absolute Gasteiger partial charge is 0.384 e. The Morgan fingerprint density at radius 3 is 2.62 bits per heavy atom. The van der Waals surface area contributed by atoms with Gasteiger partial charge in [0.25, 0.3) is 0 Å². The number of nitrogens with two attached hydrogens (primary N) is 1. The maximum absolute atomic E-state index is 12.5. The van der Waals surface area contributed by atoms with Crippen LogP contribution < -0.4 is 10.0 Å². The highest BCUT2D eigenvalue weighted by Crippen LogP contribution is 2.27. The van der Waals surface area contributed by atoms with Crippen molar-refractivity contribution >= 4 is 21.5 Å². The van der Waals surface area contributed by atoms with Crippen LogP contribution in [0.4, 0.5) is 5.69 Å². The van der Waals surface area contributed by atoms with Crippen molar-refractivity contribution in [2.75, 3.05) is 17.1 Å². The van der Waals surface area contributed by atoms with Crippen molar-refractivity contribution in [2.24, 2.45) is 11.7 Å². The molecule has 1 aromatic carbocycles. The van der Waals surface area contributed by atoms with Crippen molar-refractivity contribution in [1.82, 2.24) is 0 Å². The topological polar surface area (TPSA) is 87.2 Å². The molecule has 6 heteroatoms. The van der Waals surface area contributed by atoms with Gasteiger partial charge in [0, 0.05) is 12.6 Å². The number of hydrogen-bond acceptors (Lipinski definition) is 3. The van der Waals surface area contributed by atoms with Gasteiger partial charge in [0.05, 0.1) is 11.4 Å². The van der Waals surface area contributed by atoms with Gasteiger partial charge < -0.3 is 5.73 Å². The van der Waals surface area contributed by atoms with Crippen LogP contribution in [0.25, 0.3) is 0 Å². The van der Waals surface area contributed by atoms with E-state index in [1.165, 1.54) is 10.7 Å². The summed E-state index contributed by atoms with van der Waals surface area (Å²) in [5.74, 6) is 0.408. The van der Waals surface area contributed by atoms with Crippen LogP contribution in [-0.2, 0) is 10.0 Å². The highest BCUT2D eigenvalue weighted by Gasteiger charge is 2.25. The van der Waals surface area contributed by atoms with Crippen molar-refractivity contribution in [3.8, 4) is 0 Å². The van der Waals surface area contributed by atoms with Crippen LogP contribution in [-0.4, -0.2) is 27.1 Å². The zero-order chi connectivity index (χ0) is 15.5. The molecule has 0 bridgehead atoms. The van der Waals surface area contributed by atoms with Crippen LogP contribution >= 0.6 is 0 Å². The summed E-state index contributed by atoms with van der Waals surface area (Å²) in [6.45, 7) is 0. The molecule has 3 N–H and O–H groups in total. The second-order valence-corrected chi connectivity index (χ2v) is 7.76. The quantitative estimate of drug-likeness (QED) is 0.646. The first-order valence-electron chi connectivity index (χ1n) is 7.31. The second kappa shape index (κ2) is 6.47. The van der Waals surface area contributed by atoms with Gasteiger partial charge in [0.2, 0.25) is 10.0 Å². The van der Waals surface area contributed by atoms with Crippen LogP contribution in [0.15, 0.2) is 24.3 Å². The third kappa shape index (κ3) is 3.97. The van der Waals surface area contributed by atoms with E-state index < -0.39 is 10.0 Å². The van der Waals surface area contributed by atoms with Crippen LogP contribution in [0, 0.1) is 11.3 Å². The summed E-state index contributed by atoms with van der Waals surface area (Å²) in [5, 5.41) is 7.44. The molecule has 1 saturated carbocycles. The molecular formula is C15H23N3O2S. The van der Waals surface area contributed by atoms with Gasteiger partial charge in [-0.3, -0.25) is 9.71 Å². The zero-order valence-corrected chi connectivity index (χ0v) is 13.2. The highest BCUT2D eigenvalue weighted by atomic mass is 32.2. The lowest BCUT2D eigenvalue weighted by atomic mass is 9.91. The molecule has 0 heterocycles. The average Bonchev–Trinajstić information content (AvgIpc) is 2.47. The first-order valence-corrected chi connectivity index (χ1v) is 8.92. The number of sulfonamides is 1. The SMILES string of the molecule is CN(c1cccc(C(=N)N)c1)S(=O)(=O)CC1CCCCC1. The van der Waals surface area contributed by atoms with Crippen molar-refractivity contribution in [1.29, 1.82) is 5.41 Å². The summed E-state index contributed by atoms with van der Waals surface area (Å²) in [5.41, 5.74) is 6.55. The zero-order valence-electron chi connectivity index (χ0n) is 12.4. The predicted molar refractivity (Wildman–Crippen MR) is 86.2 cm³/mol. The van der Waals surface area contributed by atoms with Gasteiger partial charge in [-0.1, -0.05) is 31.4 Å². The number of amidine groups is 1. The molecule has 0 saturated heterocycles. The summed E-state index contributed by atoms with van der Waals surface area (Å²) in [7, 11) is -1.77. The Kier molecular flexibility index (Phi) is 4.88. The van der Waals surface area contributed by atoms with E-state index in [1.54, 1.807) is 31.3 Å². The van der Waals surface area contributed by atoms with Crippen molar-refractivity contribution in [3.05, 3.63) is 29.8 Å². The molecule has 1 aromatic rings. The van der Waals surface area contributed by atoms with E-state index in [1.807, 2.05) is 0 Å². The molecule has 2 rings (SSSR count). The predicted octanol–water partition coefficient (Wildman–Crippen LogP) is 2.32. The number of nitrogens with one attached hydrogen (secondary N) is 1. The van der Waals surface area contributed by atoms with E-state index in [2.05, 4.69) is 0 Å². The molecule has 21 heavy (non-hydrogen) atoms. The minimum atomic E-state index is -3.33. The third-order valence-electron chi connectivity index (χ3n) is 4.11. The summed E-state index contributed by atoms with van der Waals surface area (Å²) in [4.78, 5) is 0. The second-order valence-electron chi connectivity index (χ2n) is 5.71. The normalized spacial score (nSPS) is 16.6. The summed E-state index contributed by atoms with van der Waals surface area (Å²) in [6.07, 6.45) is 5.47. The van der Waals surface area contributed by atoms with Crippen LogP contribution in [0.2, 0.25) is 0 Å². The van der Waals surface area contributed by atoms with E-state index in [9.17, 15) is 8.42 Å². The smallest absolute Gasteiger partial charge is 0.235 e. The molecule has 0 amide bonds. The number of rotatable bonds is 5. The first-order chi connectivity index (χ1) is 9.90. The lowest BCUT2D eigenvalue weighted by molar-refractivity contribution is 0.385. The molecule has 0 unspecified atom stereocenters. The van der Waals surface area contributed by atoms with Gasteiger partial charge in [-0.05, 0) is 30.9 Å². The number of hydrogen-bond donors (Lipinski definition) is 2. The van der Waals surface area contributed by atoms with Gasteiger partial charge in [-0.15, -0.1) is 0 Å². The van der Waals surface area contributed by atoms with Crippen molar-refractivity contribution in [3.63, 3.8) is 0 Å². The first kappa shape index (κ1) is 15.8. The number of benzene rings is 1. The van der Waals surface area contributed by atoms with E-state index in [4.69, 9.17) is 11.1 Å². The monoisotopic (exact) mass is 309 g/mol. The van der Waals surface area contributed by atoms with E-state index >= 15 is 0 Å². The molecule has 116 valence electrons. The Bertz CT molecular complexity index is 607.